The first-order chi connectivity index (χ1) is 21.6. The van der Waals surface area contributed by atoms with Crippen LogP contribution in [0.3, 0.4) is 0 Å². The summed E-state index contributed by atoms with van der Waals surface area (Å²) in [5.74, 6) is -1.10. The van der Waals surface area contributed by atoms with Gasteiger partial charge in [0.15, 0.2) is 5.65 Å². The molecule has 0 unspecified atom stereocenters. The van der Waals surface area contributed by atoms with E-state index in [1.165, 1.54) is 18.5 Å². The van der Waals surface area contributed by atoms with Crippen LogP contribution in [0.2, 0.25) is 0 Å². The van der Waals surface area contributed by atoms with Crippen LogP contribution in [0, 0.1) is 12.7 Å². The number of amides is 2. The summed E-state index contributed by atoms with van der Waals surface area (Å²) in [6, 6.07) is 12.3. The molecule has 3 heterocycles. The third-order valence-electron chi connectivity index (χ3n) is 8.35. The zero-order valence-corrected chi connectivity index (χ0v) is 25.8. The summed E-state index contributed by atoms with van der Waals surface area (Å²) in [6.07, 6.45) is 5.64. The van der Waals surface area contributed by atoms with Crippen molar-refractivity contribution in [3.05, 3.63) is 60.2 Å². The fourth-order valence-electron chi connectivity index (χ4n) is 6.08. The van der Waals surface area contributed by atoms with Crippen LogP contribution in [0.5, 0.6) is 0 Å². The number of nitrogens with one attached hydrogen (secondary N) is 2. The molecule has 4 aromatic rings. The number of urea groups is 1. The molecular weight excluding hydrogens is 577 g/mol. The van der Waals surface area contributed by atoms with E-state index in [0.717, 1.165) is 64.3 Å². The molecule has 13 heteroatoms. The molecule has 45 heavy (non-hydrogen) atoms. The topological polar surface area (TPSA) is 155 Å². The Hall–Kier alpha value is -4.62. The summed E-state index contributed by atoms with van der Waals surface area (Å²) in [7, 11) is 2.18. The molecule has 2 amide bonds. The molecule has 6 rings (SSSR count). The molecule has 0 spiro atoms. The number of nitrogens with two attached hydrogens (primary N) is 1. The number of likely N-dealkylation sites (N-methyl/N-ethyl adjacent to an activating group) is 1. The molecule has 2 fully saturated rings. The van der Waals surface area contributed by atoms with Gasteiger partial charge < -0.3 is 26.4 Å². The Balaban J connectivity index is 0.000000945. The van der Waals surface area contributed by atoms with E-state index in [4.69, 9.17) is 20.7 Å². The Kier molecular flexibility index (Phi) is 9.89. The Bertz CT molecular complexity index is 1660. The minimum Gasteiger partial charge on any atom is -0.481 e. The molecule has 5 N–H and O–H groups in total. The van der Waals surface area contributed by atoms with Crippen molar-refractivity contribution in [2.75, 3.05) is 49.6 Å². The number of aliphatic carboxylic acids is 1. The summed E-state index contributed by atoms with van der Waals surface area (Å²) in [6.45, 7) is 7.49. The maximum absolute atomic E-state index is 15.3. The van der Waals surface area contributed by atoms with Crippen molar-refractivity contribution in [1.29, 1.82) is 0 Å². The van der Waals surface area contributed by atoms with Crippen molar-refractivity contribution in [3.8, 4) is 11.3 Å². The van der Waals surface area contributed by atoms with E-state index in [1.807, 2.05) is 29.8 Å². The molecule has 0 atom stereocenters. The van der Waals surface area contributed by atoms with E-state index >= 15 is 4.39 Å². The lowest BCUT2D eigenvalue weighted by molar-refractivity contribution is -0.134. The maximum atomic E-state index is 15.3. The Morgan fingerprint density at radius 2 is 1.67 bits per heavy atom. The van der Waals surface area contributed by atoms with Crippen molar-refractivity contribution in [1.82, 2.24) is 29.5 Å². The second-order valence-electron chi connectivity index (χ2n) is 11.7. The van der Waals surface area contributed by atoms with Crippen LogP contribution in [-0.2, 0) is 4.79 Å². The lowest BCUT2D eigenvalue weighted by atomic mass is 9.90. The van der Waals surface area contributed by atoms with E-state index in [-0.39, 0.29) is 11.7 Å². The molecule has 2 aromatic carbocycles. The van der Waals surface area contributed by atoms with Crippen LogP contribution in [0.4, 0.5) is 26.4 Å². The van der Waals surface area contributed by atoms with Gasteiger partial charge in [-0.2, -0.15) is 5.10 Å². The number of carbonyl (C=O) groups is 2. The van der Waals surface area contributed by atoms with Crippen molar-refractivity contribution in [2.45, 2.75) is 51.6 Å². The summed E-state index contributed by atoms with van der Waals surface area (Å²) in [5, 5.41) is 18.3. The lowest BCUT2D eigenvalue weighted by Gasteiger charge is -2.41. The predicted octanol–water partition coefficient (Wildman–Crippen LogP) is 4.99. The number of hydrogen-bond donors (Lipinski definition) is 4. The molecule has 1 aliphatic carbocycles. The van der Waals surface area contributed by atoms with Crippen LogP contribution < -0.4 is 16.4 Å². The number of carbonyl (C=O) groups excluding carboxylic acids is 1. The highest BCUT2D eigenvalue weighted by molar-refractivity contribution is 6.01. The van der Waals surface area contributed by atoms with E-state index in [0.29, 0.717) is 39.8 Å². The number of rotatable bonds is 5. The first-order valence-electron chi connectivity index (χ1n) is 15.1. The third kappa shape index (κ3) is 7.73. The number of piperazine rings is 1. The molecule has 12 nitrogen and oxygen atoms in total. The van der Waals surface area contributed by atoms with Crippen molar-refractivity contribution < 1.29 is 19.1 Å². The molecule has 1 saturated carbocycles. The van der Waals surface area contributed by atoms with Crippen molar-refractivity contribution >= 4 is 40.2 Å². The quantitative estimate of drug-likeness (QED) is 0.242. The number of anilines is 3. The zero-order valence-electron chi connectivity index (χ0n) is 25.8. The van der Waals surface area contributed by atoms with E-state index in [9.17, 15) is 4.79 Å². The SMILES string of the molecule is CC(=O)O.Cc1cccc(NC(=O)Nc2ccc(-c3nn(C4CCC(N5CCN(C)CC5)CC4)c4ncnc(N)c34)cc2F)c1. The summed E-state index contributed by atoms with van der Waals surface area (Å²) >= 11 is 0. The van der Waals surface area contributed by atoms with Gasteiger partial charge in [-0.25, -0.2) is 23.8 Å². The molecule has 1 saturated heterocycles. The van der Waals surface area contributed by atoms with Gasteiger partial charge in [-0.05, 0) is 69.5 Å². The molecule has 1 aliphatic heterocycles. The molecule has 2 aromatic heterocycles. The minimum atomic E-state index is -0.833. The molecular formula is C32H40FN9O3. The fraction of sp³-hybridized carbons (Fsp3) is 0.406. The number of carboxylic acids is 1. The van der Waals surface area contributed by atoms with Crippen LogP contribution in [0.25, 0.3) is 22.3 Å². The standard InChI is InChI=1S/C30H36FN9O.C2H4O2/c1-19-4-3-5-21(16-19)35-30(41)36-25-11-6-20(17-24(25)31)27-26-28(32)33-18-34-29(26)40(37-27)23-9-7-22(8-10-23)39-14-12-38(2)13-15-39;1-2(3)4/h3-6,11,16-18,22-23H,7-10,12-15H2,1-2H3,(H2,32,33,34)(H2,35,36,41);1H3,(H,3,4). The van der Waals surface area contributed by atoms with E-state index in [1.54, 1.807) is 12.1 Å². The Morgan fingerprint density at radius 3 is 2.33 bits per heavy atom. The Labute approximate surface area is 261 Å². The molecule has 0 bridgehead atoms. The van der Waals surface area contributed by atoms with Gasteiger partial charge in [-0.3, -0.25) is 9.69 Å². The van der Waals surface area contributed by atoms with Gasteiger partial charge in [0.1, 0.15) is 23.7 Å². The van der Waals surface area contributed by atoms with Gasteiger partial charge in [0, 0.05) is 50.4 Å². The van der Waals surface area contributed by atoms with Crippen molar-refractivity contribution in [2.24, 2.45) is 0 Å². The van der Waals surface area contributed by atoms with Crippen LogP contribution in [-0.4, -0.2) is 85.9 Å². The van der Waals surface area contributed by atoms with Gasteiger partial charge >= 0.3 is 6.03 Å². The van der Waals surface area contributed by atoms with E-state index < -0.39 is 17.8 Å². The molecule has 0 radical (unpaired) electrons. The highest BCUT2D eigenvalue weighted by Crippen LogP contribution is 2.37. The average Bonchev–Trinajstić information content (AvgIpc) is 3.39. The number of fused-ring (bicyclic) bond motifs is 1. The number of hydrogen-bond acceptors (Lipinski definition) is 8. The van der Waals surface area contributed by atoms with Crippen LogP contribution in [0.15, 0.2) is 48.8 Å². The number of carboxylic acid groups (broad SMARTS) is 1. The summed E-state index contributed by atoms with van der Waals surface area (Å²) < 4.78 is 17.2. The normalized spacial score (nSPS) is 19.0. The minimum absolute atomic E-state index is 0.0640. The third-order valence-corrected chi connectivity index (χ3v) is 8.35. The second kappa shape index (κ2) is 14.0. The summed E-state index contributed by atoms with van der Waals surface area (Å²) in [5.41, 5.74) is 9.76. The molecule has 238 valence electrons. The van der Waals surface area contributed by atoms with Crippen LogP contribution >= 0.6 is 0 Å². The van der Waals surface area contributed by atoms with Crippen LogP contribution in [0.1, 0.15) is 44.2 Å². The maximum Gasteiger partial charge on any atom is 0.323 e. The second-order valence-corrected chi connectivity index (χ2v) is 11.7. The van der Waals surface area contributed by atoms with Gasteiger partial charge in [0.2, 0.25) is 0 Å². The number of nitrogen functional groups attached to an aromatic ring is 1. The highest BCUT2D eigenvalue weighted by Gasteiger charge is 2.30. The lowest BCUT2D eigenvalue weighted by Crippen LogP contribution is -2.49. The van der Waals surface area contributed by atoms with E-state index in [2.05, 4.69) is 37.4 Å². The summed E-state index contributed by atoms with van der Waals surface area (Å²) in [4.78, 5) is 35.2. The average molecular weight is 618 g/mol. The first-order valence-corrected chi connectivity index (χ1v) is 15.1. The first kappa shape index (κ1) is 31.8. The number of aromatic nitrogens is 4. The largest absolute Gasteiger partial charge is 0.481 e. The molecule has 2 aliphatic rings. The van der Waals surface area contributed by atoms with Gasteiger partial charge in [0.25, 0.3) is 5.97 Å². The fourth-order valence-corrected chi connectivity index (χ4v) is 6.08. The number of aryl methyl sites for hydroxylation is 1. The highest BCUT2D eigenvalue weighted by atomic mass is 19.1. The van der Waals surface area contributed by atoms with Crippen molar-refractivity contribution in [3.63, 3.8) is 0 Å². The van der Waals surface area contributed by atoms with Gasteiger partial charge in [0.05, 0.1) is 17.1 Å². The number of halogens is 1. The number of benzene rings is 2. The number of nitrogens with zero attached hydrogens (tertiary/aromatic N) is 6. The smallest absolute Gasteiger partial charge is 0.323 e. The van der Waals surface area contributed by atoms with Gasteiger partial charge in [-0.15, -0.1) is 0 Å². The monoisotopic (exact) mass is 617 g/mol. The zero-order chi connectivity index (χ0) is 32.1. The Morgan fingerprint density at radius 1 is 0.978 bits per heavy atom. The van der Waals surface area contributed by atoms with Gasteiger partial charge in [-0.1, -0.05) is 18.2 Å². The predicted molar refractivity (Wildman–Crippen MR) is 173 cm³/mol.